The highest BCUT2D eigenvalue weighted by atomic mass is 79.9. The van der Waals surface area contributed by atoms with E-state index in [4.69, 9.17) is 9.47 Å². The van der Waals surface area contributed by atoms with Gasteiger partial charge in [0.05, 0.1) is 21.2 Å². The predicted molar refractivity (Wildman–Crippen MR) is 145 cm³/mol. The number of fused-ring (bicyclic) bond motifs is 2. The minimum atomic E-state index is -5.68. The highest BCUT2D eigenvalue weighted by molar-refractivity contribution is 9.10. The first-order chi connectivity index (χ1) is 19.1. The molecule has 0 fully saturated rings. The van der Waals surface area contributed by atoms with E-state index in [1.54, 1.807) is 28.8 Å². The third-order valence-electron chi connectivity index (χ3n) is 6.20. The maximum atomic E-state index is 13.6. The number of ether oxygens (including phenoxy) is 2. The average molecular weight is 617 g/mol. The molecule has 0 unspecified atom stereocenters. The molecule has 2 aliphatic heterocycles. The molecular formula is C30H22BrF5N2O2+2. The number of benzene rings is 4. The Morgan fingerprint density at radius 3 is 1.57 bits per heavy atom. The first-order valence-corrected chi connectivity index (χ1v) is 12.9. The van der Waals surface area contributed by atoms with Gasteiger partial charge in [0.25, 0.3) is 13.5 Å². The first kappa shape index (κ1) is 27.5. The van der Waals surface area contributed by atoms with Crippen molar-refractivity contribution in [2.24, 2.45) is 0 Å². The minimum absolute atomic E-state index is 0.151. The summed E-state index contributed by atoms with van der Waals surface area (Å²) in [7, 11) is 0. The molecule has 0 aromatic heterocycles. The molecule has 10 heteroatoms. The zero-order chi connectivity index (χ0) is 28.3. The fourth-order valence-electron chi connectivity index (χ4n) is 4.21. The van der Waals surface area contributed by atoms with Gasteiger partial charge in [-0.15, -0.1) is 0 Å². The summed E-state index contributed by atoms with van der Waals surface area (Å²) in [5.74, 6) is -4.50. The summed E-state index contributed by atoms with van der Waals surface area (Å²) < 4.78 is 80.8. The minimum Gasteiger partial charge on any atom is -0.434 e. The zero-order valence-corrected chi connectivity index (χ0v) is 22.4. The summed E-state index contributed by atoms with van der Waals surface area (Å²) in [6, 6.07) is 28.5. The van der Waals surface area contributed by atoms with Crippen molar-refractivity contribution >= 4 is 39.7 Å². The molecule has 4 nitrogen and oxygen atoms in total. The monoisotopic (exact) mass is 616 g/mol. The number of hydrogen-bond donors (Lipinski definition) is 0. The second-order valence-corrected chi connectivity index (χ2v) is 9.72. The van der Waals surface area contributed by atoms with Crippen LogP contribution < -0.4 is 9.47 Å². The number of para-hydroxylation sites is 4. The molecule has 0 bridgehead atoms. The van der Waals surface area contributed by atoms with E-state index in [1.807, 2.05) is 36.4 Å². The largest absolute Gasteiger partial charge is 0.458 e. The molecule has 2 heterocycles. The second kappa shape index (κ2) is 11.2. The quantitative estimate of drug-likeness (QED) is 0.172. The van der Waals surface area contributed by atoms with Gasteiger partial charge in [-0.05, 0) is 40.2 Å². The first-order valence-electron chi connectivity index (χ1n) is 12.1. The van der Waals surface area contributed by atoms with Gasteiger partial charge in [0.15, 0.2) is 18.2 Å². The van der Waals surface area contributed by atoms with Crippen molar-refractivity contribution in [1.82, 2.24) is 0 Å². The van der Waals surface area contributed by atoms with E-state index in [-0.39, 0.29) is 12.3 Å². The Morgan fingerprint density at radius 1 is 0.575 bits per heavy atom. The predicted octanol–water partition coefficient (Wildman–Crippen LogP) is 8.02. The summed E-state index contributed by atoms with van der Waals surface area (Å²) in [6.07, 6.45) is -2.08. The molecule has 40 heavy (non-hydrogen) atoms. The lowest BCUT2D eigenvalue weighted by Gasteiger charge is -2.24. The Balaban J connectivity index is 0.000000168. The number of hydrogen-bond acceptors (Lipinski definition) is 2. The molecule has 2 aliphatic rings. The highest BCUT2D eigenvalue weighted by Gasteiger charge is 2.60. The van der Waals surface area contributed by atoms with E-state index in [0.29, 0.717) is 6.73 Å². The molecule has 0 atom stereocenters. The molecule has 204 valence electrons. The maximum absolute atomic E-state index is 13.6. The lowest BCUT2D eigenvalue weighted by Crippen LogP contribution is -2.35. The number of nitrogens with zero attached hydrogens (tertiary/aromatic N) is 2. The summed E-state index contributed by atoms with van der Waals surface area (Å²) in [4.78, 5) is 0. The molecule has 4 aromatic rings. The second-order valence-electron chi connectivity index (χ2n) is 8.87. The molecule has 0 saturated heterocycles. The van der Waals surface area contributed by atoms with Gasteiger partial charge in [0.2, 0.25) is 11.4 Å². The van der Waals surface area contributed by atoms with Crippen molar-refractivity contribution in [2.45, 2.75) is 12.1 Å². The van der Waals surface area contributed by atoms with Gasteiger partial charge in [-0.1, -0.05) is 48.5 Å². The molecule has 0 radical (unpaired) electrons. The van der Waals surface area contributed by atoms with Crippen LogP contribution in [0.4, 0.5) is 33.3 Å². The van der Waals surface area contributed by atoms with Crippen LogP contribution in [-0.4, -0.2) is 41.2 Å². The van der Waals surface area contributed by atoms with Crippen molar-refractivity contribution in [3.05, 3.63) is 118 Å². The van der Waals surface area contributed by atoms with Crippen LogP contribution in [-0.2, 0) is 5.92 Å². The number of halogens is 6. The topological polar surface area (TPSA) is 24.5 Å². The van der Waals surface area contributed by atoms with Gasteiger partial charge in [-0.2, -0.15) is 31.1 Å². The van der Waals surface area contributed by atoms with Gasteiger partial charge in [0, 0.05) is 24.3 Å². The fraction of sp³-hybridized carbons (Fsp3) is 0.133. The summed E-state index contributed by atoms with van der Waals surface area (Å²) in [5.41, 5.74) is 1.96. The van der Waals surface area contributed by atoms with E-state index < -0.39 is 23.4 Å². The van der Waals surface area contributed by atoms with Crippen LogP contribution in [0.1, 0.15) is 16.7 Å². The average Bonchev–Trinajstić information content (AvgIpc) is 2.97. The molecule has 4 aromatic carbocycles. The maximum Gasteiger partial charge on any atom is 0.458 e. The van der Waals surface area contributed by atoms with Crippen LogP contribution in [0.5, 0.6) is 11.5 Å². The van der Waals surface area contributed by atoms with Crippen LogP contribution in [0.15, 0.2) is 102 Å². The van der Waals surface area contributed by atoms with Crippen molar-refractivity contribution < 1.29 is 40.6 Å². The molecule has 0 amide bonds. The molecule has 0 aliphatic carbocycles. The van der Waals surface area contributed by atoms with E-state index in [9.17, 15) is 22.0 Å². The lowest BCUT2D eigenvalue weighted by molar-refractivity contribution is -0.476. The summed E-state index contributed by atoms with van der Waals surface area (Å²) in [5, 5.41) is 0. The molecule has 0 N–H and O–H groups in total. The SMILES string of the molecule is Brc1cccc2c1OC[N+](c1ccccc1)=C2.FC(F)(F)C(F)(F)c1cccc2c1OC[N+](c1ccccc1)=C2. The zero-order valence-electron chi connectivity index (χ0n) is 20.8. The van der Waals surface area contributed by atoms with Crippen LogP contribution in [0, 0.1) is 0 Å². The standard InChI is InChI=1S/C16H11F5NO.C14H11BrNO/c17-15(18,16(19,20)21)13-8-4-5-11-9-22(10-23-14(11)13)12-6-2-1-3-7-12;15-13-8-4-5-11-9-16(10-17-14(11)13)12-6-2-1-3-7-12/h1-9H,10H2;1-9H,10H2/q2*+1. The normalized spacial score (nSPS) is 14.2. The Kier molecular flexibility index (Phi) is 7.71. The number of rotatable bonds is 3. The lowest BCUT2D eigenvalue weighted by atomic mass is 10.0. The van der Waals surface area contributed by atoms with Gasteiger partial charge in [0.1, 0.15) is 5.75 Å². The molecular weight excluding hydrogens is 595 g/mol. The Hall–Kier alpha value is -4.05. The Labute approximate surface area is 235 Å². The van der Waals surface area contributed by atoms with Gasteiger partial charge >= 0.3 is 12.1 Å². The van der Waals surface area contributed by atoms with Crippen molar-refractivity contribution in [1.29, 1.82) is 0 Å². The van der Waals surface area contributed by atoms with E-state index in [2.05, 4.69) is 44.9 Å². The van der Waals surface area contributed by atoms with E-state index >= 15 is 0 Å². The highest BCUT2D eigenvalue weighted by Crippen LogP contribution is 2.48. The van der Waals surface area contributed by atoms with Crippen LogP contribution in [0.3, 0.4) is 0 Å². The van der Waals surface area contributed by atoms with Crippen molar-refractivity contribution in [2.75, 3.05) is 13.5 Å². The number of alkyl halides is 5. The third-order valence-corrected chi connectivity index (χ3v) is 6.82. The van der Waals surface area contributed by atoms with E-state index in [0.717, 1.165) is 39.3 Å². The van der Waals surface area contributed by atoms with Crippen LogP contribution >= 0.6 is 15.9 Å². The Morgan fingerprint density at radius 2 is 1.05 bits per heavy atom. The van der Waals surface area contributed by atoms with Crippen LogP contribution in [0.2, 0.25) is 0 Å². The fourth-order valence-corrected chi connectivity index (χ4v) is 4.71. The molecule has 0 saturated carbocycles. The van der Waals surface area contributed by atoms with E-state index in [1.165, 1.54) is 12.3 Å². The summed E-state index contributed by atoms with van der Waals surface area (Å²) >= 11 is 3.49. The Bertz CT molecular complexity index is 1570. The molecule has 6 rings (SSSR count). The van der Waals surface area contributed by atoms with Crippen molar-refractivity contribution in [3.8, 4) is 11.5 Å². The molecule has 0 spiro atoms. The summed E-state index contributed by atoms with van der Waals surface area (Å²) in [6.45, 7) is 0.390. The van der Waals surface area contributed by atoms with Crippen LogP contribution in [0.25, 0.3) is 0 Å². The third kappa shape index (κ3) is 5.62. The van der Waals surface area contributed by atoms with Gasteiger partial charge in [-0.25, -0.2) is 0 Å². The smallest absolute Gasteiger partial charge is 0.434 e. The van der Waals surface area contributed by atoms with Crippen molar-refractivity contribution in [3.63, 3.8) is 0 Å². The van der Waals surface area contributed by atoms with Gasteiger partial charge in [-0.3, -0.25) is 0 Å². The van der Waals surface area contributed by atoms with Gasteiger partial charge < -0.3 is 9.47 Å².